The molecule has 0 unspecified atom stereocenters. The number of aryl methyl sites for hydroxylation is 1. The van der Waals surface area contributed by atoms with Crippen molar-refractivity contribution in [3.63, 3.8) is 0 Å². The highest BCUT2D eigenvalue weighted by atomic mass is 79.9. The van der Waals surface area contributed by atoms with Gasteiger partial charge in [0.2, 0.25) is 0 Å². The standard InChI is InChI=1S/C24H21BrN2O3S/c1-16-2-6-21(7-3-16)31(29,30)27-13-11-17-14-19(4-8-23(17)27)24(28)26-12-10-18-15-20(25)5-9-22(18)26/h2-9,14-15H,10-13H2,1H3. The summed E-state index contributed by atoms with van der Waals surface area (Å²) in [4.78, 5) is 15.3. The third kappa shape index (κ3) is 3.46. The second-order valence-corrected chi connectivity index (χ2v) is 10.7. The molecule has 7 heteroatoms. The molecule has 0 bridgehead atoms. The third-order valence-electron chi connectivity index (χ3n) is 5.97. The molecule has 2 aliphatic rings. The van der Waals surface area contributed by atoms with Crippen LogP contribution in [0.15, 0.2) is 70.0 Å². The van der Waals surface area contributed by atoms with Crippen LogP contribution < -0.4 is 9.21 Å². The number of rotatable bonds is 3. The van der Waals surface area contributed by atoms with Crippen LogP contribution in [0.1, 0.15) is 27.0 Å². The topological polar surface area (TPSA) is 57.7 Å². The van der Waals surface area contributed by atoms with E-state index in [2.05, 4.69) is 22.0 Å². The van der Waals surface area contributed by atoms with Crippen molar-refractivity contribution in [3.8, 4) is 0 Å². The number of benzene rings is 3. The lowest BCUT2D eigenvalue weighted by Gasteiger charge is -2.21. The van der Waals surface area contributed by atoms with E-state index in [1.165, 1.54) is 4.31 Å². The Labute approximate surface area is 190 Å². The fourth-order valence-electron chi connectivity index (χ4n) is 4.33. The Bertz CT molecular complexity index is 1300. The van der Waals surface area contributed by atoms with Crippen molar-refractivity contribution in [2.75, 3.05) is 22.3 Å². The smallest absolute Gasteiger partial charge is 0.264 e. The van der Waals surface area contributed by atoms with Crippen LogP contribution in [0.5, 0.6) is 0 Å². The highest BCUT2D eigenvalue weighted by Gasteiger charge is 2.32. The summed E-state index contributed by atoms with van der Waals surface area (Å²) in [5, 5.41) is 0. The first-order valence-electron chi connectivity index (χ1n) is 10.2. The molecule has 31 heavy (non-hydrogen) atoms. The minimum absolute atomic E-state index is 0.0521. The van der Waals surface area contributed by atoms with E-state index in [-0.39, 0.29) is 10.8 Å². The number of anilines is 2. The van der Waals surface area contributed by atoms with Gasteiger partial charge in [0.1, 0.15) is 0 Å². The van der Waals surface area contributed by atoms with Crippen molar-refractivity contribution in [1.29, 1.82) is 0 Å². The number of carbonyl (C=O) groups excluding carboxylic acids is 1. The number of sulfonamides is 1. The Morgan fingerprint density at radius 3 is 2.32 bits per heavy atom. The lowest BCUT2D eigenvalue weighted by Crippen LogP contribution is -2.29. The van der Waals surface area contributed by atoms with Crippen molar-refractivity contribution >= 4 is 43.2 Å². The van der Waals surface area contributed by atoms with E-state index in [4.69, 9.17) is 0 Å². The molecule has 5 nitrogen and oxygen atoms in total. The van der Waals surface area contributed by atoms with Crippen LogP contribution in [-0.4, -0.2) is 27.4 Å². The summed E-state index contributed by atoms with van der Waals surface area (Å²) in [5.74, 6) is -0.0521. The molecular formula is C24H21BrN2O3S. The minimum atomic E-state index is -3.63. The van der Waals surface area contributed by atoms with Gasteiger partial charge in [-0.05, 0) is 79.4 Å². The van der Waals surface area contributed by atoms with Crippen molar-refractivity contribution < 1.29 is 13.2 Å². The normalized spacial score (nSPS) is 15.2. The summed E-state index contributed by atoms with van der Waals surface area (Å²) in [6, 6.07) is 18.2. The monoisotopic (exact) mass is 496 g/mol. The molecule has 0 spiro atoms. The molecule has 2 heterocycles. The Hall–Kier alpha value is -2.64. The van der Waals surface area contributed by atoms with Gasteiger partial charge in [-0.2, -0.15) is 0 Å². The summed E-state index contributed by atoms with van der Waals surface area (Å²) in [6.07, 6.45) is 1.42. The van der Waals surface area contributed by atoms with Gasteiger partial charge in [-0.25, -0.2) is 8.42 Å². The fourth-order valence-corrected chi connectivity index (χ4v) is 6.24. The van der Waals surface area contributed by atoms with E-state index in [0.29, 0.717) is 30.8 Å². The molecule has 0 fully saturated rings. The molecular weight excluding hydrogens is 476 g/mol. The molecule has 0 aliphatic carbocycles. The SMILES string of the molecule is Cc1ccc(S(=O)(=O)N2CCc3cc(C(=O)N4CCc5cc(Br)ccc54)ccc32)cc1. The summed E-state index contributed by atoms with van der Waals surface area (Å²) in [6.45, 7) is 2.96. The first kappa shape index (κ1) is 20.3. The average Bonchev–Trinajstić information content (AvgIpc) is 3.37. The number of fused-ring (bicyclic) bond motifs is 2. The van der Waals surface area contributed by atoms with Gasteiger partial charge >= 0.3 is 0 Å². The summed E-state index contributed by atoms with van der Waals surface area (Å²) >= 11 is 3.49. The molecule has 0 atom stereocenters. The number of hydrogen-bond acceptors (Lipinski definition) is 3. The van der Waals surface area contributed by atoms with Crippen molar-refractivity contribution in [2.24, 2.45) is 0 Å². The lowest BCUT2D eigenvalue weighted by atomic mass is 10.1. The summed E-state index contributed by atoms with van der Waals surface area (Å²) in [5.41, 5.74) is 5.24. The summed E-state index contributed by atoms with van der Waals surface area (Å²) in [7, 11) is -3.63. The van der Waals surface area contributed by atoms with Gasteiger partial charge < -0.3 is 4.90 Å². The molecule has 0 saturated carbocycles. The van der Waals surface area contributed by atoms with Crippen LogP contribution in [0.25, 0.3) is 0 Å². The Morgan fingerprint density at radius 2 is 1.55 bits per heavy atom. The number of halogens is 1. The molecule has 1 amide bonds. The van der Waals surface area contributed by atoms with Crippen molar-refractivity contribution in [1.82, 2.24) is 0 Å². The van der Waals surface area contributed by atoms with E-state index >= 15 is 0 Å². The maximum Gasteiger partial charge on any atom is 0.264 e. The largest absolute Gasteiger partial charge is 0.308 e. The Morgan fingerprint density at radius 1 is 0.871 bits per heavy atom. The third-order valence-corrected chi connectivity index (χ3v) is 8.29. The lowest BCUT2D eigenvalue weighted by molar-refractivity contribution is 0.0989. The molecule has 3 aromatic rings. The van der Waals surface area contributed by atoms with E-state index in [9.17, 15) is 13.2 Å². The van der Waals surface area contributed by atoms with Crippen LogP contribution in [0.2, 0.25) is 0 Å². The first-order chi connectivity index (χ1) is 14.8. The number of hydrogen-bond donors (Lipinski definition) is 0. The minimum Gasteiger partial charge on any atom is -0.308 e. The Balaban J connectivity index is 1.44. The van der Waals surface area contributed by atoms with Crippen LogP contribution in [0.3, 0.4) is 0 Å². The quantitative estimate of drug-likeness (QED) is 0.527. The van der Waals surface area contributed by atoms with Gasteiger partial charge in [-0.1, -0.05) is 33.6 Å². The number of nitrogens with zero attached hydrogens (tertiary/aromatic N) is 2. The molecule has 2 aliphatic heterocycles. The molecule has 158 valence electrons. The number of carbonyl (C=O) groups is 1. The average molecular weight is 497 g/mol. The molecule has 5 rings (SSSR count). The zero-order chi connectivity index (χ0) is 21.8. The second kappa shape index (κ2) is 7.50. The molecule has 0 aromatic heterocycles. The second-order valence-electron chi connectivity index (χ2n) is 7.96. The van der Waals surface area contributed by atoms with Gasteiger partial charge in [-0.3, -0.25) is 9.10 Å². The maximum atomic E-state index is 13.2. The van der Waals surface area contributed by atoms with Gasteiger partial charge in [0.15, 0.2) is 0 Å². The van der Waals surface area contributed by atoms with Gasteiger partial charge in [0.25, 0.3) is 15.9 Å². The fraction of sp³-hybridized carbons (Fsp3) is 0.208. The van der Waals surface area contributed by atoms with Gasteiger partial charge in [-0.15, -0.1) is 0 Å². The van der Waals surface area contributed by atoms with E-state index in [1.807, 2.05) is 25.1 Å². The van der Waals surface area contributed by atoms with E-state index in [1.54, 1.807) is 41.3 Å². The van der Waals surface area contributed by atoms with Gasteiger partial charge in [0.05, 0.1) is 10.6 Å². The van der Waals surface area contributed by atoms with Crippen LogP contribution >= 0.6 is 15.9 Å². The maximum absolute atomic E-state index is 13.2. The van der Waals surface area contributed by atoms with Crippen molar-refractivity contribution in [3.05, 3.63) is 87.4 Å². The zero-order valence-corrected chi connectivity index (χ0v) is 19.4. The van der Waals surface area contributed by atoms with Crippen LogP contribution in [0.4, 0.5) is 11.4 Å². The molecule has 0 radical (unpaired) electrons. The predicted octanol–water partition coefficient (Wildman–Crippen LogP) is 4.71. The molecule has 0 saturated heterocycles. The highest BCUT2D eigenvalue weighted by molar-refractivity contribution is 9.10. The van der Waals surface area contributed by atoms with Crippen molar-refractivity contribution in [2.45, 2.75) is 24.7 Å². The Kier molecular flexibility index (Phi) is 4.90. The molecule has 3 aromatic carbocycles. The van der Waals surface area contributed by atoms with Gasteiger partial charge in [0, 0.05) is 28.8 Å². The first-order valence-corrected chi connectivity index (χ1v) is 12.4. The number of amides is 1. The predicted molar refractivity (Wildman–Crippen MR) is 125 cm³/mol. The highest BCUT2D eigenvalue weighted by Crippen LogP contribution is 2.35. The summed E-state index contributed by atoms with van der Waals surface area (Å²) < 4.78 is 28.8. The van der Waals surface area contributed by atoms with Crippen LogP contribution in [-0.2, 0) is 22.9 Å². The van der Waals surface area contributed by atoms with E-state index in [0.717, 1.165) is 33.3 Å². The molecule has 0 N–H and O–H groups in total. The zero-order valence-electron chi connectivity index (χ0n) is 17.0. The van der Waals surface area contributed by atoms with Crippen LogP contribution in [0, 0.1) is 6.92 Å². The van der Waals surface area contributed by atoms with E-state index < -0.39 is 10.0 Å².